The van der Waals surface area contributed by atoms with E-state index in [-0.39, 0.29) is 18.2 Å². The van der Waals surface area contributed by atoms with Gasteiger partial charge in [-0.2, -0.15) is 0 Å². The molecular formula is C21H34N6O6. The van der Waals surface area contributed by atoms with E-state index in [1.165, 1.54) is 24.3 Å². The number of aliphatic hydroxyl groups excluding tert-OH is 1. The Morgan fingerprint density at radius 1 is 1.27 bits per heavy atom. The number of likely N-dealkylation sites (tertiary alicyclic amines) is 1. The predicted molar refractivity (Wildman–Crippen MR) is 118 cm³/mol. The number of aromatic amines is 1. The Labute approximate surface area is 192 Å². The van der Waals surface area contributed by atoms with Gasteiger partial charge in [-0.15, -0.1) is 0 Å². The largest absolute Gasteiger partial charge is 0.480 e. The third-order valence-electron chi connectivity index (χ3n) is 5.54. The molecule has 184 valence electrons. The zero-order valence-electron chi connectivity index (χ0n) is 19.2. The number of carbonyl (C=O) groups excluding carboxylic acids is 3. The van der Waals surface area contributed by atoms with E-state index in [2.05, 4.69) is 20.6 Å². The van der Waals surface area contributed by atoms with Crippen LogP contribution < -0.4 is 16.4 Å². The molecule has 1 aliphatic rings. The average molecular weight is 467 g/mol. The van der Waals surface area contributed by atoms with Crippen LogP contribution in [-0.2, 0) is 25.6 Å². The fraction of sp³-hybridized carbons (Fsp3) is 0.667. The van der Waals surface area contributed by atoms with E-state index in [4.69, 9.17) is 5.73 Å². The molecule has 2 rings (SSSR count). The average Bonchev–Trinajstić information content (AvgIpc) is 3.41. The predicted octanol–water partition coefficient (Wildman–Crippen LogP) is -1.25. The van der Waals surface area contributed by atoms with E-state index in [1.807, 2.05) is 13.8 Å². The monoisotopic (exact) mass is 466 g/mol. The molecule has 1 aromatic rings. The minimum absolute atomic E-state index is 0.0112. The number of nitrogens with one attached hydrogen (secondary N) is 3. The van der Waals surface area contributed by atoms with E-state index in [0.29, 0.717) is 31.5 Å². The molecule has 0 bridgehead atoms. The minimum atomic E-state index is -1.54. The quantitative estimate of drug-likeness (QED) is 0.233. The molecule has 7 N–H and O–H groups in total. The second-order valence-electron chi connectivity index (χ2n) is 8.83. The van der Waals surface area contributed by atoms with Gasteiger partial charge in [-0.1, -0.05) is 13.8 Å². The number of carboxylic acid groups (broad SMARTS) is 1. The molecule has 3 amide bonds. The molecule has 0 aliphatic carbocycles. The summed E-state index contributed by atoms with van der Waals surface area (Å²) < 4.78 is 0. The van der Waals surface area contributed by atoms with E-state index < -0.39 is 48.1 Å². The first-order valence-corrected chi connectivity index (χ1v) is 11.1. The number of hydrogen-bond donors (Lipinski definition) is 6. The van der Waals surface area contributed by atoms with Crippen LogP contribution in [0.5, 0.6) is 0 Å². The number of amides is 3. The van der Waals surface area contributed by atoms with Gasteiger partial charge in [-0.05, 0) is 32.1 Å². The number of aliphatic hydroxyl groups is 1. The Hall–Kier alpha value is -2.99. The van der Waals surface area contributed by atoms with Crippen LogP contribution in [0.3, 0.4) is 0 Å². The number of nitrogens with zero attached hydrogens (tertiary/aromatic N) is 2. The van der Waals surface area contributed by atoms with Crippen molar-refractivity contribution < 1.29 is 29.4 Å². The zero-order chi connectivity index (χ0) is 24.7. The maximum absolute atomic E-state index is 13.1. The molecular weight excluding hydrogens is 432 g/mol. The molecule has 1 fully saturated rings. The molecule has 1 aromatic heterocycles. The first kappa shape index (κ1) is 26.3. The smallest absolute Gasteiger partial charge is 0.328 e. The van der Waals surface area contributed by atoms with Gasteiger partial charge in [0.15, 0.2) is 6.04 Å². The van der Waals surface area contributed by atoms with E-state index in [9.17, 15) is 29.4 Å². The highest BCUT2D eigenvalue weighted by atomic mass is 16.4. The Morgan fingerprint density at radius 3 is 2.52 bits per heavy atom. The number of imidazole rings is 1. The van der Waals surface area contributed by atoms with Crippen molar-refractivity contribution in [2.45, 2.75) is 76.7 Å². The third-order valence-corrected chi connectivity index (χ3v) is 5.54. The van der Waals surface area contributed by atoms with Gasteiger partial charge in [0.05, 0.1) is 18.5 Å². The highest BCUT2D eigenvalue weighted by molar-refractivity contribution is 5.94. The second-order valence-corrected chi connectivity index (χ2v) is 8.83. The normalized spacial score (nSPS) is 19.6. The summed E-state index contributed by atoms with van der Waals surface area (Å²) in [5.74, 6) is -2.80. The molecule has 12 heteroatoms. The topological polar surface area (TPSA) is 191 Å². The summed E-state index contributed by atoms with van der Waals surface area (Å²) in [6.07, 6.45) is 3.10. The SMILES string of the molecule is CC(C)CC(N)C(=O)N1CCCC1C(=O)NC(Cc1cnc[nH]1)C(=O)NC(C(=O)O)C(C)O. The van der Waals surface area contributed by atoms with Crippen LogP contribution in [-0.4, -0.2) is 85.6 Å². The second kappa shape index (κ2) is 11.8. The van der Waals surface area contributed by atoms with Gasteiger partial charge in [0.2, 0.25) is 17.7 Å². The molecule has 0 aromatic carbocycles. The summed E-state index contributed by atoms with van der Waals surface area (Å²) in [5.41, 5.74) is 6.57. The molecule has 5 unspecified atom stereocenters. The Balaban J connectivity index is 2.15. The van der Waals surface area contributed by atoms with Crippen LogP contribution in [0.15, 0.2) is 12.5 Å². The number of carbonyl (C=O) groups is 4. The molecule has 1 saturated heterocycles. The molecule has 0 spiro atoms. The lowest BCUT2D eigenvalue weighted by molar-refractivity contribution is -0.145. The van der Waals surface area contributed by atoms with Gasteiger partial charge in [0.1, 0.15) is 12.1 Å². The highest BCUT2D eigenvalue weighted by Crippen LogP contribution is 2.20. The maximum Gasteiger partial charge on any atom is 0.328 e. The summed E-state index contributed by atoms with van der Waals surface area (Å²) in [7, 11) is 0. The zero-order valence-corrected chi connectivity index (χ0v) is 19.2. The van der Waals surface area contributed by atoms with Crippen LogP contribution in [0, 0.1) is 5.92 Å². The Kier molecular flexibility index (Phi) is 9.35. The lowest BCUT2D eigenvalue weighted by Crippen LogP contribution is -2.58. The molecule has 0 radical (unpaired) electrons. The van der Waals surface area contributed by atoms with Crippen LogP contribution >= 0.6 is 0 Å². The highest BCUT2D eigenvalue weighted by Gasteiger charge is 2.38. The van der Waals surface area contributed by atoms with Crippen molar-refractivity contribution in [3.05, 3.63) is 18.2 Å². The standard InChI is InChI=1S/C21H34N6O6/c1-11(2)7-14(22)20(31)27-6-4-5-16(27)19(30)25-15(8-13-9-23-10-24-13)18(29)26-17(12(3)28)21(32)33/h9-12,14-17,28H,4-8,22H2,1-3H3,(H,23,24)(H,25,30)(H,26,29)(H,32,33). The van der Waals surface area contributed by atoms with Gasteiger partial charge in [-0.25, -0.2) is 9.78 Å². The van der Waals surface area contributed by atoms with Crippen molar-refractivity contribution in [3.8, 4) is 0 Å². The van der Waals surface area contributed by atoms with Gasteiger partial charge >= 0.3 is 5.97 Å². The van der Waals surface area contributed by atoms with Crippen molar-refractivity contribution in [1.29, 1.82) is 0 Å². The van der Waals surface area contributed by atoms with Crippen LogP contribution in [0.4, 0.5) is 0 Å². The van der Waals surface area contributed by atoms with E-state index in [1.54, 1.807) is 0 Å². The maximum atomic E-state index is 13.1. The fourth-order valence-electron chi connectivity index (χ4n) is 3.86. The molecule has 1 aliphatic heterocycles. The number of rotatable bonds is 11. The van der Waals surface area contributed by atoms with Crippen molar-refractivity contribution in [3.63, 3.8) is 0 Å². The molecule has 2 heterocycles. The molecule has 0 saturated carbocycles. The number of H-pyrrole nitrogens is 1. The lowest BCUT2D eigenvalue weighted by atomic mass is 10.0. The number of aliphatic carboxylic acids is 1. The fourth-order valence-corrected chi connectivity index (χ4v) is 3.86. The van der Waals surface area contributed by atoms with Gasteiger partial charge in [0.25, 0.3) is 0 Å². The third kappa shape index (κ3) is 7.26. The number of carboxylic acids is 1. The van der Waals surface area contributed by atoms with Gasteiger partial charge < -0.3 is 36.5 Å². The van der Waals surface area contributed by atoms with Crippen molar-refractivity contribution in [2.75, 3.05) is 6.54 Å². The summed E-state index contributed by atoms with van der Waals surface area (Å²) in [4.78, 5) is 58.3. The van der Waals surface area contributed by atoms with Crippen LogP contribution in [0.25, 0.3) is 0 Å². The Morgan fingerprint density at radius 2 is 1.97 bits per heavy atom. The van der Waals surface area contributed by atoms with Gasteiger partial charge in [-0.3, -0.25) is 14.4 Å². The van der Waals surface area contributed by atoms with Crippen molar-refractivity contribution >= 4 is 23.7 Å². The summed E-state index contributed by atoms with van der Waals surface area (Å²) in [6, 6.07) is -4.19. The van der Waals surface area contributed by atoms with Gasteiger partial charge in [0, 0.05) is 24.9 Å². The van der Waals surface area contributed by atoms with Crippen molar-refractivity contribution in [1.82, 2.24) is 25.5 Å². The molecule has 12 nitrogen and oxygen atoms in total. The Bertz CT molecular complexity index is 827. The van der Waals surface area contributed by atoms with E-state index in [0.717, 1.165) is 0 Å². The number of aromatic nitrogens is 2. The summed E-state index contributed by atoms with van der Waals surface area (Å²) in [5, 5.41) is 23.8. The summed E-state index contributed by atoms with van der Waals surface area (Å²) in [6.45, 7) is 5.54. The first-order valence-electron chi connectivity index (χ1n) is 11.1. The first-order chi connectivity index (χ1) is 15.5. The van der Waals surface area contributed by atoms with E-state index >= 15 is 0 Å². The van der Waals surface area contributed by atoms with Crippen molar-refractivity contribution in [2.24, 2.45) is 11.7 Å². The number of hydrogen-bond acceptors (Lipinski definition) is 7. The summed E-state index contributed by atoms with van der Waals surface area (Å²) >= 11 is 0. The molecule has 5 atom stereocenters. The van der Waals surface area contributed by atoms with Crippen LogP contribution in [0.2, 0.25) is 0 Å². The molecule has 33 heavy (non-hydrogen) atoms. The number of nitrogens with two attached hydrogens (primary N) is 1. The van der Waals surface area contributed by atoms with Crippen LogP contribution in [0.1, 0.15) is 45.7 Å². The minimum Gasteiger partial charge on any atom is -0.480 e. The lowest BCUT2D eigenvalue weighted by Gasteiger charge is -2.29.